The van der Waals surface area contributed by atoms with Gasteiger partial charge in [-0.15, -0.1) is 0 Å². The summed E-state index contributed by atoms with van der Waals surface area (Å²) in [6.45, 7) is 11.0. The molecule has 3 amide bonds. The topological polar surface area (TPSA) is 112 Å². The molecule has 0 radical (unpaired) electrons. The van der Waals surface area contributed by atoms with Gasteiger partial charge in [0.15, 0.2) is 5.82 Å². The first-order valence-corrected chi connectivity index (χ1v) is 12.4. The molecule has 0 aliphatic carbocycles. The van der Waals surface area contributed by atoms with Crippen LogP contribution < -0.4 is 20.9 Å². The SMILES string of the molecule is CCNC(=O)CN1CCc2c(nc(-c3ccc(NC(=O)NCC)cc3)nc2N2CCOC[C@@H]2C)C1. The Morgan fingerprint density at radius 3 is 2.57 bits per heavy atom. The van der Waals surface area contributed by atoms with Crippen molar-refractivity contribution < 1.29 is 14.3 Å². The molecule has 1 aromatic carbocycles. The van der Waals surface area contributed by atoms with Crippen molar-refractivity contribution in [3.63, 3.8) is 0 Å². The molecule has 10 heteroatoms. The summed E-state index contributed by atoms with van der Waals surface area (Å²) in [5.74, 6) is 1.63. The van der Waals surface area contributed by atoms with Gasteiger partial charge in [0.1, 0.15) is 5.82 Å². The Kier molecular flexibility index (Phi) is 8.14. The standard InChI is InChI=1S/C25H35N7O3/c1-4-26-22(33)15-31-11-10-20-21(14-31)29-23(30-24(20)32-12-13-35-16-17(32)3)18-6-8-19(9-7-18)28-25(34)27-5-2/h6-9,17H,4-5,10-16H2,1-3H3,(H,26,33)(H2,27,28,34)/t17-/m0/s1. The fraction of sp³-hybridized carbons (Fsp3) is 0.520. The zero-order chi connectivity index (χ0) is 24.8. The molecular formula is C25H35N7O3. The van der Waals surface area contributed by atoms with E-state index >= 15 is 0 Å². The van der Waals surface area contributed by atoms with Crippen LogP contribution in [-0.2, 0) is 22.5 Å². The molecule has 1 saturated heterocycles. The molecule has 0 bridgehead atoms. The maximum Gasteiger partial charge on any atom is 0.319 e. The van der Waals surface area contributed by atoms with Crippen LogP contribution in [0.3, 0.4) is 0 Å². The summed E-state index contributed by atoms with van der Waals surface area (Å²) < 4.78 is 5.66. The van der Waals surface area contributed by atoms with Gasteiger partial charge in [0.25, 0.3) is 0 Å². The summed E-state index contributed by atoms with van der Waals surface area (Å²) in [7, 11) is 0. The highest BCUT2D eigenvalue weighted by Gasteiger charge is 2.29. The van der Waals surface area contributed by atoms with Gasteiger partial charge < -0.3 is 25.6 Å². The second-order valence-corrected chi connectivity index (χ2v) is 8.89. The third kappa shape index (κ3) is 6.07. The maximum absolute atomic E-state index is 12.2. The molecule has 35 heavy (non-hydrogen) atoms. The van der Waals surface area contributed by atoms with Crippen LogP contribution >= 0.6 is 0 Å². The van der Waals surface area contributed by atoms with E-state index in [1.807, 2.05) is 38.1 Å². The largest absolute Gasteiger partial charge is 0.377 e. The zero-order valence-corrected chi connectivity index (χ0v) is 20.8. The van der Waals surface area contributed by atoms with E-state index in [0.717, 1.165) is 42.1 Å². The lowest BCUT2D eigenvalue weighted by Gasteiger charge is -2.37. The van der Waals surface area contributed by atoms with E-state index in [2.05, 4.69) is 32.7 Å². The first-order chi connectivity index (χ1) is 17.0. The molecule has 2 aromatic rings. The van der Waals surface area contributed by atoms with Gasteiger partial charge in [-0.05, 0) is 51.5 Å². The van der Waals surface area contributed by atoms with Gasteiger partial charge in [0, 0.05) is 49.5 Å². The molecule has 188 valence electrons. The summed E-state index contributed by atoms with van der Waals surface area (Å²) in [6, 6.07) is 7.53. The van der Waals surface area contributed by atoms with Gasteiger partial charge in [-0.2, -0.15) is 0 Å². The predicted molar refractivity (Wildman–Crippen MR) is 135 cm³/mol. The summed E-state index contributed by atoms with van der Waals surface area (Å²) >= 11 is 0. The molecule has 0 spiro atoms. The third-order valence-corrected chi connectivity index (χ3v) is 6.24. The first-order valence-electron chi connectivity index (χ1n) is 12.4. The number of anilines is 2. The highest BCUT2D eigenvalue weighted by atomic mass is 16.5. The summed E-state index contributed by atoms with van der Waals surface area (Å²) in [5.41, 5.74) is 3.69. The summed E-state index contributed by atoms with van der Waals surface area (Å²) in [4.78, 5) is 38.4. The number of ether oxygens (including phenoxy) is 1. The van der Waals surface area contributed by atoms with Crippen LogP contribution in [0, 0.1) is 0 Å². The smallest absolute Gasteiger partial charge is 0.319 e. The zero-order valence-electron chi connectivity index (χ0n) is 20.8. The van der Waals surface area contributed by atoms with Gasteiger partial charge in [0.2, 0.25) is 5.91 Å². The molecule has 3 heterocycles. The van der Waals surface area contributed by atoms with Crippen LogP contribution in [0.2, 0.25) is 0 Å². The van der Waals surface area contributed by atoms with Gasteiger partial charge in [-0.1, -0.05) is 0 Å². The third-order valence-electron chi connectivity index (χ3n) is 6.24. The number of morpholine rings is 1. The molecule has 1 atom stereocenters. The molecule has 0 saturated carbocycles. The lowest BCUT2D eigenvalue weighted by atomic mass is 10.0. The Labute approximate surface area is 206 Å². The Bertz CT molecular complexity index is 1040. The van der Waals surface area contributed by atoms with Crippen LogP contribution in [0.4, 0.5) is 16.3 Å². The average molecular weight is 482 g/mol. The number of fused-ring (bicyclic) bond motifs is 1. The number of urea groups is 1. The van der Waals surface area contributed by atoms with Crippen molar-refractivity contribution in [1.82, 2.24) is 25.5 Å². The average Bonchev–Trinajstić information content (AvgIpc) is 2.84. The van der Waals surface area contributed by atoms with E-state index in [1.54, 1.807) is 0 Å². The van der Waals surface area contributed by atoms with Crippen LogP contribution in [-0.4, -0.2) is 78.8 Å². The number of hydrogen-bond acceptors (Lipinski definition) is 7. The molecular weight excluding hydrogens is 446 g/mol. The quantitative estimate of drug-likeness (QED) is 0.555. The number of amides is 3. The minimum absolute atomic E-state index is 0.0300. The van der Waals surface area contributed by atoms with Crippen molar-refractivity contribution in [2.75, 3.05) is 56.2 Å². The second-order valence-electron chi connectivity index (χ2n) is 8.89. The van der Waals surface area contributed by atoms with Crippen molar-refractivity contribution in [2.24, 2.45) is 0 Å². The predicted octanol–water partition coefficient (Wildman–Crippen LogP) is 2.00. The minimum atomic E-state index is -0.235. The number of nitrogens with one attached hydrogen (secondary N) is 3. The number of carbonyl (C=O) groups excluding carboxylic acids is 2. The fourth-order valence-corrected chi connectivity index (χ4v) is 4.50. The van der Waals surface area contributed by atoms with Gasteiger partial charge >= 0.3 is 6.03 Å². The van der Waals surface area contributed by atoms with Crippen molar-refractivity contribution >= 4 is 23.4 Å². The molecule has 2 aliphatic rings. The molecule has 10 nitrogen and oxygen atoms in total. The van der Waals surface area contributed by atoms with E-state index in [1.165, 1.54) is 0 Å². The Balaban J connectivity index is 1.64. The monoisotopic (exact) mass is 481 g/mol. The molecule has 1 aromatic heterocycles. The van der Waals surface area contributed by atoms with Gasteiger partial charge in [-0.3, -0.25) is 9.69 Å². The molecule has 2 aliphatic heterocycles. The van der Waals surface area contributed by atoms with Crippen molar-refractivity contribution in [1.29, 1.82) is 0 Å². The van der Waals surface area contributed by atoms with Crippen LogP contribution in [0.1, 0.15) is 32.0 Å². The van der Waals surface area contributed by atoms with E-state index in [-0.39, 0.29) is 18.0 Å². The summed E-state index contributed by atoms with van der Waals surface area (Å²) in [6.07, 6.45) is 0.795. The fourth-order valence-electron chi connectivity index (χ4n) is 4.50. The lowest BCUT2D eigenvalue weighted by molar-refractivity contribution is -0.122. The maximum atomic E-state index is 12.2. The minimum Gasteiger partial charge on any atom is -0.377 e. The number of aromatic nitrogens is 2. The molecule has 3 N–H and O–H groups in total. The van der Waals surface area contributed by atoms with E-state index in [0.29, 0.717) is 50.9 Å². The lowest BCUT2D eigenvalue weighted by Crippen LogP contribution is -2.46. The highest BCUT2D eigenvalue weighted by Crippen LogP contribution is 2.31. The van der Waals surface area contributed by atoms with Crippen LogP contribution in [0.25, 0.3) is 11.4 Å². The normalized spacial score (nSPS) is 18.0. The first kappa shape index (κ1) is 24.9. The number of carbonyl (C=O) groups is 2. The van der Waals surface area contributed by atoms with Crippen molar-refractivity contribution in [2.45, 2.75) is 39.8 Å². The number of hydrogen-bond donors (Lipinski definition) is 3. The molecule has 0 unspecified atom stereocenters. The molecule has 4 rings (SSSR count). The van der Waals surface area contributed by atoms with Crippen molar-refractivity contribution in [3.05, 3.63) is 35.5 Å². The van der Waals surface area contributed by atoms with Gasteiger partial charge in [0.05, 0.1) is 31.5 Å². The van der Waals surface area contributed by atoms with Crippen LogP contribution in [0.5, 0.6) is 0 Å². The number of likely N-dealkylation sites (N-methyl/N-ethyl adjacent to an activating group) is 1. The summed E-state index contributed by atoms with van der Waals surface area (Å²) in [5, 5.41) is 8.42. The van der Waals surface area contributed by atoms with Crippen molar-refractivity contribution in [3.8, 4) is 11.4 Å². The van der Waals surface area contributed by atoms with E-state index in [4.69, 9.17) is 14.7 Å². The van der Waals surface area contributed by atoms with E-state index < -0.39 is 0 Å². The van der Waals surface area contributed by atoms with Crippen LogP contribution in [0.15, 0.2) is 24.3 Å². The number of benzene rings is 1. The Morgan fingerprint density at radius 2 is 1.86 bits per heavy atom. The highest BCUT2D eigenvalue weighted by molar-refractivity contribution is 5.89. The Morgan fingerprint density at radius 1 is 1.09 bits per heavy atom. The molecule has 1 fully saturated rings. The van der Waals surface area contributed by atoms with Gasteiger partial charge in [-0.25, -0.2) is 14.8 Å². The Hall–Kier alpha value is -3.24. The number of nitrogens with zero attached hydrogens (tertiary/aromatic N) is 4. The second kappa shape index (κ2) is 11.5. The number of rotatable bonds is 7. The van der Waals surface area contributed by atoms with E-state index in [9.17, 15) is 9.59 Å².